The van der Waals surface area contributed by atoms with E-state index in [0.29, 0.717) is 12.0 Å². The molecule has 0 spiro atoms. The third-order valence-corrected chi connectivity index (χ3v) is 4.24. The van der Waals surface area contributed by atoms with Gasteiger partial charge in [-0.1, -0.05) is 13.3 Å². The van der Waals surface area contributed by atoms with Gasteiger partial charge >= 0.3 is 0 Å². The van der Waals surface area contributed by atoms with Gasteiger partial charge in [0.25, 0.3) is 0 Å². The molecule has 1 aromatic heterocycles. The Labute approximate surface area is 137 Å². The van der Waals surface area contributed by atoms with Crippen LogP contribution in [0, 0.1) is 5.41 Å². The predicted octanol–water partition coefficient (Wildman–Crippen LogP) is 1.68. The molecular weight excluding hydrogens is 367 g/mol. The van der Waals surface area contributed by atoms with Gasteiger partial charge in [-0.25, -0.2) is 0 Å². The van der Waals surface area contributed by atoms with Gasteiger partial charge in [-0.3, -0.25) is 4.99 Å². The van der Waals surface area contributed by atoms with Crippen molar-refractivity contribution >= 4 is 29.9 Å². The standard InChI is InChI=1S/C13H24N6.HI/c1-4-13(6-5-7-13)9-16-12(14-2)15-8-11-18-17-10-19(11)3;/h10H,4-9H2,1-3H3,(H2,14,15,16);1H. The van der Waals surface area contributed by atoms with Crippen molar-refractivity contribution in [3.8, 4) is 0 Å². The summed E-state index contributed by atoms with van der Waals surface area (Å²) in [7, 11) is 3.74. The number of halogens is 1. The summed E-state index contributed by atoms with van der Waals surface area (Å²) in [6.07, 6.45) is 6.96. The molecule has 114 valence electrons. The Morgan fingerprint density at radius 3 is 2.65 bits per heavy atom. The highest BCUT2D eigenvalue weighted by Crippen LogP contribution is 2.42. The number of hydrogen-bond acceptors (Lipinski definition) is 3. The second-order valence-electron chi connectivity index (χ2n) is 5.34. The predicted molar refractivity (Wildman–Crippen MR) is 91.2 cm³/mol. The average molecular weight is 392 g/mol. The molecule has 1 heterocycles. The van der Waals surface area contributed by atoms with Crippen molar-refractivity contribution in [3.05, 3.63) is 12.2 Å². The minimum absolute atomic E-state index is 0. The van der Waals surface area contributed by atoms with E-state index in [1.807, 2.05) is 11.6 Å². The fraction of sp³-hybridized carbons (Fsp3) is 0.769. The Morgan fingerprint density at radius 2 is 2.20 bits per heavy atom. The van der Waals surface area contributed by atoms with Crippen LogP contribution < -0.4 is 10.6 Å². The SMILES string of the molecule is CCC1(CNC(=NC)NCc2nncn2C)CCC1.I. The van der Waals surface area contributed by atoms with Crippen LogP contribution in [0.3, 0.4) is 0 Å². The second kappa shape index (κ2) is 7.80. The maximum atomic E-state index is 4.25. The molecule has 20 heavy (non-hydrogen) atoms. The smallest absolute Gasteiger partial charge is 0.191 e. The van der Waals surface area contributed by atoms with Crippen LogP contribution in [0.5, 0.6) is 0 Å². The molecule has 0 bridgehead atoms. The molecule has 1 aliphatic rings. The molecule has 2 N–H and O–H groups in total. The summed E-state index contributed by atoms with van der Waals surface area (Å²) in [5.74, 6) is 1.74. The topological polar surface area (TPSA) is 67.1 Å². The lowest BCUT2D eigenvalue weighted by atomic mass is 9.67. The molecule has 0 unspecified atom stereocenters. The van der Waals surface area contributed by atoms with Crippen molar-refractivity contribution in [1.82, 2.24) is 25.4 Å². The zero-order valence-electron chi connectivity index (χ0n) is 12.5. The first-order valence-electron chi connectivity index (χ1n) is 6.96. The van der Waals surface area contributed by atoms with Crippen LogP contribution in [0.15, 0.2) is 11.3 Å². The summed E-state index contributed by atoms with van der Waals surface area (Å²) < 4.78 is 1.90. The lowest BCUT2D eigenvalue weighted by molar-refractivity contribution is 0.131. The van der Waals surface area contributed by atoms with Crippen LogP contribution in [-0.2, 0) is 13.6 Å². The molecule has 0 atom stereocenters. The van der Waals surface area contributed by atoms with Gasteiger partial charge in [0.15, 0.2) is 11.8 Å². The van der Waals surface area contributed by atoms with Crippen molar-refractivity contribution in [2.75, 3.05) is 13.6 Å². The van der Waals surface area contributed by atoms with E-state index < -0.39 is 0 Å². The molecule has 2 rings (SSSR count). The van der Waals surface area contributed by atoms with Gasteiger partial charge in [0.05, 0.1) is 6.54 Å². The zero-order valence-corrected chi connectivity index (χ0v) is 14.8. The molecular formula is C13H25IN6. The number of aromatic nitrogens is 3. The van der Waals surface area contributed by atoms with Crippen molar-refractivity contribution < 1.29 is 0 Å². The summed E-state index contributed by atoms with van der Waals surface area (Å²) in [4.78, 5) is 4.25. The summed E-state index contributed by atoms with van der Waals surface area (Å²) in [6, 6.07) is 0. The van der Waals surface area contributed by atoms with E-state index in [9.17, 15) is 0 Å². The van der Waals surface area contributed by atoms with Gasteiger partial charge in [0.1, 0.15) is 6.33 Å². The molecule has 6 nitrogen and oxygen atoms in total. The summed E-state index contributed by atoms with van der Waals surface area (Å²) in [5.41, 5.74) is 0.488. The van der Waals surface area contributed by atoms with Gasteiger partial charge in [-0.05, 0) is 24.7 Å². The molecule has 0 aliphatic heterocycles. The molecule has 0 radical (unpaired) electrons. The molecule has 1 aliphatic carbocycles. The van der Waals surface area contributed by atoms with Gasteiger partial charge < -0.3 is 15.2 Å². The van der Waals surface area contributed by atoms with Crippen LogP contribution in [0.4, 0.5) is 0 Å². The molecule has 0 saturated heterocycles. The Hall–Kier alpha value is -0.860. The third kappa shape index (κ3) is 4.07. The van der Waals surface area contributed by atoms with Crippen molar-refractivity contribution in [3.63, 3.8) is 0 Å². The Morgan fingerprint density at radius 1 is 1.45 bits per heavy atom. The maximum absolute atomic E-state index is 4.25. The fourth-order valence-corrected chi connectivity index (χ4v) is 2.45. The van der Waals surface area contributed by atoms with E-state index in [1.54, 1.807) is 13.4 Å². The van der Waals surface area contributed by atoms with E-state index in [2.05, 4.69) is 32.7 Å². The first-order chi connectivity index (χ1) is 9.19. The van der Waals surface area contributed by atoms with Gasteiger partial charge in [-0.15, -0.1) is 34.2 Å². The van der Waals surface area contributed by atoms with E-state index in [1.165, 1.54) is 25.7 Å². The lowest BCUT2D eigenvalue weighted by Gasteiger charge is -2.41. The lowest BCUT2D eigenvalue weighted by Crippen LogP contribution is -2.46. The summed E-state index contributed by atoms with van der Waals surface area (Å²) in [5, 5.41) is 14.6. The Bertz CT molecular complexity index is 432. The Kier molecular flexibility index (Phi) is 6.70. The molecule has 1 aromatic rings. The van der Waals surface area contributed by atoms with E-state index in [-0.39, 0.29) is 24.0 Å². The highest BCUT2D eigenvalue weighted by Gasteiger charge is 2.34. The Balaban J connectivity index is 0.00000200. The minimum Gasteiger partial charge on any atom is -0.356 e. The molecule has 0 aromatic carbocycles. The van der Waals surface area contributed by atoms with E-state index in [0.717, 1.165) is 18.3 Å². The maximum Gasteiger partial charge on any atom is 0.191 e. The minimum atomic E-state index is 0. The number of nitrogens with one attached hydrogen (secondary N) is 2. The van der Waals surface area contributed by atoms with E-state index in [4.69, 9.17) is 0 Å². The second-order valence-corrected chi connectivity index (χ2v) is 5.34. The fourth-order valence-electron chi connectivity index (χ4n) is 2.45. The third-order valence-electron chi connectivity index (χ3n) is 4.24. The van der Waals surface area contributed by atoms with Crippen molar-refractivity contribution in [2.24, 2.45) is 17.5 Å². The van der Waals surface area contributed by atoms with E-state index >= 15 is 0 Å². The number of hydrogen-bond donors (Lipinski definition) is 2. The molecule has 0 amide bonds. The molecule has 7 heteroatoms. The largest absolute Gasteiger partial charge is 0.356 e. The number of nitrogens with zero attached hydrogens (tertiary/aromatic N) is 4. The molecule has 1 fully saturated rings. The number of aliphatic imine (C=N–C) groups is 1. The van der Waals surface area contributed by atoms with Crippen LogP contribution in [-0.4, -0.2) is 34.3 Å². The zero-order chi connectivity index (χ0) is 13.7. The normalized spacial score (nSPS) is 17.1. The molecule has 1 saturated carbocycles. The van der Waals surface area contributed by atoms with Gasteiger partial charge in [0, 0.05) is 20.6 Å². The number of guanidine groups is 1. The van der Waals surface area contributed by atoms with Crippen molar-refractivity contribution in [1.29, 1.82) is 0 Å². The first kappa shape index (κ1) is 17.2. The van der Waals surface area contributed by atoms with Gasteiger partial charge in [-0.2, -0.15) is 0 Å². The van der Waals surface area contributed by atoms with Crippen LogP contribution in [0.2, 0.25) is 0 Å². The van der Waals surface area contributed by atoms with Crippen molar-refractivity contribution in [2.45, 2.75) is 39.2 Å². The van der Waals surface area contributed by atoms with Crippen LogP contribution in [0.25, 0.3) is 0 Å². The number of aryl methyl sites for hydroxylation is 1. The van der Waals surface area contributed by atoms with Crippen LogP contribution >= 0.6 is 24.0 Å². The van der Waals surface area contributed by atoms with Gasteiger partial charge in [0.2, 0.25) is 0 Å². The monoisotopic (exact) mass is 392 g/mol. The first-order valence-corrected chi connectivity index (χ1v) is 6.96. The summed E-state index contributed by atoms with van der Waals surface area (Å²) in [6.45, 7) is 3.91. The number of rotatable bonds is 5. The highest BCUT2D eigenvalue weighted by atomic mass is 127. The summed E-state index contributed by atoms with van der Waals surface area (Å²) >= 11 is 0. The van der Waals surface area contributed by atoms with Crippen LogP contribution in [0.1, 0.15) is 38.4 Å². The highest BCUT2D eigenvalue weighted by molar-refractivity contribution is 14.0. The quantitative estimate of drug-likeness (QED) is 0.455. The average Bonchev–Trinajstić information content (AvgIpc) is 2.78.